The fourth-order valence-electron chi connectivity index (χ4n) is 2.25. The molecule has 0 aliphatic carbocycles. The van der Waals surface area contributed by atoms with Gasteiger partial charge in [-0.05, 0) is 57.9 Å². The minimum atomic E-state index is -0.0890. The third-order valence-corrected chi connectivity index (χ3v) is 4.05. The maximum atomic E-state index is 12.3. The topological polar surface area (TPSA) is 44.8 Å². The third-order valence-electron chi connectivity index (χ3n) is 3.43. The molecule has 1 heterocycles. The van der Waals surface area contributed by atoms with E-state index in [1.54, 1.807) is 37.5 Å². The van der Waals surface area contributed by atoms with Gasteiger partial charge in [-0.15, -0.1) is 0 Å². The van der Waals surface area contributed by atoms with Crippen LogP contribution >= 0.6 is 15.9 Å². The van der Waals surface area contributed by atoms with E-state index in [2.05, 4.69) is 15.9 Å². The monoisotopic (exact) mass is 374 g/mol. The molecule has 0 spiro atoms. The molecule has 0 aromatic heterocycles. The Morgan fingerprint density at radius 1 is 1.13 bits per heavy atom. The number of methoxy groups -OCH3 is 1. The van der Waals surface area contributed by atoms with Crippen molar-refractivity contribution in [3.8, 4) is 17.2 Å². The number of hydrogen-bond acceptors (Lipinski definition) is 4. The highest BCUT2D eigenvalue weighted by molar-refractivity contribution is 9.10. The summed E-state index contributed by atoms with van der Waals surface area (Å²) in [6, 6.07) is 10.8. The second-order valence-electron chi connectivity index (χ2n) is 4.95. The molecule has 0 saturated heterocycles. The molecule has 3 rings (SSSR count). The Balaban J connectivity index is 1.77. The Hall–Kier alpha value is -2.27. The molecule has 0 atom stereocenters. The smallest absolute Gasteiger partial charge is 0.185 e. The number of ketones is 1. The van der Waals surface area contributed by atoms with Crippen LogP contribution in [-0.4, -0.2) is 26.1 Å². The standard InChI is InChI=1S/C18H15BrO4/c1-21-16-6-3-12(10-14(16)19)2-5-15(20)13-4-7-17-18(11-13)23-9-8-22-17/h2-7,10-11H,8-9H2,1H3/b5-2+. The van der Waals surface area contributed by atoms with Gasteiger partial charge >= 0.3 is 0 Å². The number of hydrogen-bond donors (Lipinski definition) is 0. The maximum Gasteiger partial charge on any atom is 0.185 e. The van der Waals surface area contributed by atoms with E-state index < -0.39 is 0 Å². The van der Waals surface area contributed by atoms with Crippen LogP contribution in [0.1, 0.15) is 15.9 Å². The molecule has 1 aliphatic rings. The van der Waals surface area contributed by atoms with E-state index in [9.17, 15) is 4.79 Å². The molecule has 0 bridgehead atoms. The fourth-order valence-corrected chi connectivity index (χ4v) is 2.81. The average Bonchev–Trinajstić information content (AvgIpc) is 2.59. The Morgan fingerprint density at radius 2 is 1.91 bits per heavy atom. The van der Waals surface area contributed by atoms with Crippen LogP contribution in [-0.2, 0) is 0 Å². The highest BCUT2D eigenvalue weighted by Gasteiger charge is 2.13. The van der Waals surface area contributed by atoms with Crippen molar-refractivity contribution in [3.63, 3.8) is 0 Å². The number of rotatable bonds is 4. The summed E-state index contributed by atoms with van der Waals surface area (Å²) in [6.07, 6.45) is 3.31. The van der Waals surface area contributed by atoms with Gasteiger partial charge in [0.05, 0.1) is 11.6 Å². The maximum absolute atomic E-state index is 12.3. The molecule has 23 heavy (non-hydrogen) atoms. The summed E-state index contributed by atoms with van der Waals surface area (Å²) in [4.78, 5) is 12.3. The van der Waals surface area contributed by atoms with Crippen LogP contribution in [0.2, 0.25) is 0 Å². The number of carbonyl (C=O) groups excluding carboxylic acids is 1. The van der Waals surface area contributed by atoms with Gasteiger partial charge in [0.1, 0.15) is 19.0 Å². The number of fused-ring (bicyclic) bond motifs is 1. The molecule has 4 nitrogen and oxygen atoms in total. The highest BCUT2D eigenvalue weighted by atomic mass is 79.9. The van der Waals surface area contributed by atoms with Crippen LogP contribution < -0.4 is 14.2 Å². The van der Waals surface area contributed by atoms with Crippen LogP contribution in [0.3, 0.4) is 0 Å². The van der Waals surface area contributed by atoms with E-state index in [-0.39, 0.29) is 5.78 Å². The first kappa shape index (κ1) is 15.6. The molecule has 0 amide bonds. The van der Waals surface area contributed by atoms with Crippen molar-refractivity contribution in [2.75, 3.05) is 20.3 Å². The summed E-state index contributed by atoms with van der Waals surface area (Å²) >= 11 is 3.43. The van der Waals surface area contributed by atoms with Gasteiger partial charge in [0, 0.05) is 5.56 Å². The van der Waals surface area contributed by atoms with Gasteiger partial charge in [-0.1, -0.05) is 12.1 Å². The predicted molar refractivity (Wildman–Crippen MR) is 91.5 cm³/mol. The zero-order valence-electron chi connectivity index (χ0n) is 12.5. The molecule has 0 N–H and O–H groups in total. The first-order chi connectivity index (χ1) is 11.2. The Bertz CT molecular complexity index is 768. The first-order valence-corrected chi connectivity index (χ1v) is 7.92. The number of benzene rings is 2. The van der Waals surface area contributed by atoms with Gasteiger partial charge in [-0.3, -0.25) is 4.79 Å². The highest BCUT2D eigenvalue weighted by Crippen LogP contribution is 2.31. The molecule has 118 valence electrons. The van der Waals surface area contributed by atoms with Crippen LogP contribution in [0.4, 0.5) is 0 Å². The van der Waals surface area contributed by atoms with Crippen LogP contribution in [0.15, 0.2) is 46.9 Å². The summed E-state index contributed by atoms with van der Waals surface area (Å²) in [5, 5.41) is 0. The van der Waals surface area contributed by atoms with Gasteiger partial charge in [-0.2, -0.15) is 0 Å². The lowest BCUT2D eigenvalue weighted by Gasteiger charge is -2.18. The minimum absolute atomic E-state index is 0.0890. The third kappa shape index (κ3) is 3.56. The van der Waals surface area contributed by atoms with E-state index in [1.165, 1.54) is 0 Å². The van der Waals surface area contributed by atoms with Crippen molar-refractivity contribution in [1.29, 1.82) is 0 Å². The molecular formula is C18H15BrO4. The van der Waals surface area contributed by atoms with Crippen molar-refractivity contribution in [2.24, 2.45) is 0 Å². The second-order valence-corrected chi connectivity index (χ2v) is 5.80. The zero-order valence-corrected chi connectivity index (χ0v) is 14.1. The molecule has 0 radical (unpaired) electrons. The average molecular weight is 375 g/mol. The van der Waals surface area contributed by atoms with Gasteiger partial charge in [0.25, 0.3) is 0 Å². The number of carbonyl (C=O) groups is 1. The zero-order chi connectivity index (χ0) is 16.2. The van der Waals surface area contributed by atoms with Gasteiger partial charge < -0.3 is 14.2 Å². The van der Waals surface area contributed by atoms with Crippen LogP contribution in [0.5, 0.6) is 17.2 Å². The molecule has 5 heteroatoms. The van der Waals surface area contributed by atoms with E-state index in [0.717, 1.165) is 15.8 Å². The van der Waals surface area contributed by atoms with E-state index in [4.69, 9.17) is 14.2 Å². The van der Waals surface area contributed by atoms with Gasteiger partial charge in [-0.25, -0.2) is 0 Å². The van der Waals surface area contributed by atoms with Crippen LogP contribution in [0, 0.1) is 0 Å². The Labute approximate surface area is 142 Å². The van der Waals surface area contributed by atoms with Crippen molar-refractivity contribution in [2.45, 2.75) is 0 Å². The first-order valence-electron chi connectivity index (χ1n) is 7.13. The quantitative estimate of drug-likeness (QED) is 0.596. The lowest BCUT2D eigenvalue weighted by molar-refractivity contribution is 0.104. The van der Waals surface area contributed by atoms with Crippen molar-refractivity contribution < 1.29 is 19.0 Å². The molecule has 2 aromatic rings. The summed E-state index contributed by atoms with van der Waals surface area (Å²) in [5.41, 5.74) is 1.47. The fraction of sp³-hybridized carbons (Fsp3) is 0.167. The predicted octanol–water partition coefficient (Wildman–Crippen LogP) is 4.13. The summed E-state index contributed by atoms with van der Waals surface area (Å²) in [6.45, 7) is 1.03. The Morgan fingerprint density at radius 3 is 2.65 bits per heavy atom. The SMILES string of the molecule is COc1ccc(/C=C/C(=O)c2ccc3c(c2)OCCO3)cc1Br. The van der Waals surface area contributed by atoms with Crippen LogP contribution in [0.25, 0.3) is 6.08 Å². The van der Waals surface area contributed by atoms with Crippen molar-refractivity contribution >= 4 is 27.8 Å². The summed E-state index contributed by atoms with van der Waals surface area (Å²) in [5.74, 6) is 1.95. The lowest BCUT2D eigenvalue weighted by Crippen LogP contribution is -2.15. The largest absolute Gasteiger partial charge is 0.496 e. The normalized spacial score (nSPS) is 13.1. The molecule has 0 fully saturated rings. The molecule has 1 aliphatic heterocycles. The molecular weight excluding hydrogens is 360 g/mol. The summed E-state index contributed by atoms with van der Waals surface area (Å²) < 4.78 is 17.0. The van der Waals surface area contributed by atoms with E-state index >= 15 is 0 Å². The van der Waals surface area contributed by atoms with Crippen molar-refractivity contribution in [3.05, 3.63) is 58.1 Å². The van der Waals surface area contributed by atoms with Gasteiger partial charge in [0.15, 0.2) is 17.3 Å². The van der Waals surface area contributed by atoms with Crippen molar-refractivity contribution in [1.82, 2.24) is 0 Å². The molecule has 2 aromatic carbocycles. The number of ether oxygens (including phenoxy) is 3. The molecule has 0 unspecified atom stereocenters. The van der Waals surface area contributed by atoms with E-state index in [1.807, 2.05) is 18.2 Å². The minimum Gasteiger partial charge on any atom is -0.496 e. The molecule has 0 saturated carbocycles. The number of halogens is 1. The van der Waals surface area contributed by atoms with E-state index in [0.29, 0.717) is 30.3 Å². The second kappa shape index (κ2) is 6.87. The van der Waals surface area contributed by atoms with Gasteiger partial charge in [0.2, 0.25) is 0 Å². The lowest BCUT2D eigenvalue weighted by atomic mass is 10.1. The summed E-state index contributed by atoms with van der Waals surface area (Å²) in [7, 11) is 1.61. The Kier molecular flexibility index (Phi) is 4.67. The number of allylic oxidation sites excluding steroid dienone is 1.